The Morgan fingerprint density at radius 3 is 2.75 bits per heavy atom. The molecule has 0 fully saturated rings. The molecule has 1 amide bonds. The summed E-state index contributed by atoms with van der Waals surface area (Å²) in [5.74, 6) is 0.714. The Morgan fingerprint density at radius 1 is 1.18 bits per heavy atom. The Bertz CT molecular complexity index is 976. The summed E-state index contributed by atoms with van der Waals surface area (Å²) in [7, 11) is 1.65. The van der Waals surface area contributed by atoms with Crippen molar-refractivity contribution in [3.05, 3.63) is 58.9 Å². The Balaban J connectivity index is 1.78. The molecule has 1 aromatic heterocycles. The fraction of sp³-hybridized carbons (Fsp3) is 0.364. The highest BCUT2D eigenvalue weighted by Crippen LogP contribution is 2.23. The van der Waals surface area contributed by atoms with Gasteiger partial charge in [-0.25, -0.2) is 0 Å². The molecule has 0 N–H and O–H groups in total. The molecular weight excluding hydrogens is 372 g/mol. The van der Waals surface area contributed by atoms with Gasteiger partial charge in [0.2, 0.25) is 5.91 Å². The van der Waals surface area contributed by atoms with Gasteiger partial charge in [0.1, 0.15) is 5.75 Å². The molecule has 2 aromatic carbocycles. The number of ether oxygens (including phenoxy) is 2. The number of methoxy groups -OCH3 is 1. The molecule has 0 saturated carbocycles. The molecule has 0 saturated heterocycles. The molecule has 0 aliphatic heterocycles. The van der Waals surface area contributed by atoms with Crippen LogP contribution < -0.4 is 9.54 Å². The third-order valence-electron chi connectivity index (χ3n) is 4.47. The van der Waals surface area contributed by atoms with E-state index in [4.69, 9.17) is 9.47 Å². The molecule has 148 valence electrons. The largest absolute Gasteiger partial charge is 0.497 e. The molecule has 3 rings (SSSR count). The first kappa shape index (κ1) is 20.3. The molecule has 0 bridgehead atoms. The van der Waals surface area contributed by atoms with Crippen LogP contribution in [-0.2, 0) is 22.5 Å². The van der Waals surface area contributed by atoms with E-state index >= 15 is 0 Å². The van der Waals surface area contributed by atoms with Gasteiger partial charge in [0, 0.05) is 19.6 Å². The summed E-state index contributed by atoms with van der Waals surface area (Å²) < 4.78 is 13.9. The van der Waals surface area contributed by atoms with E-state index in [0.29, 0.717) is 31.0 Å². The van der Waals surface area contributed by atoms with Gasteiger partial charge in [-0.15, -0.1) is 0 Å². The molecule has 3 aromatic rings. The lowest BCUT2D eigenvalue weighted by molar-refractivity contribution is -0.118. The first-order valence-electron chi connectivity index (χ1n) is 9.58. The number of fused-ring (bicyclic) bond motifs is 1. The van der Waals surface area contributed by atoms with Gasteiger partial charge < -0.3 is 14.0 Å². The number of benzene rings is 2. The van der Waals surface area contributed by atoms with Crippen molar-refractivity contribution in [3.63, 3.8) is 0 Å². The summed E-state index contributed by atoms with van der Waals surface area (Å²) >= 11 is 1.51. The van der Waals surface area contributed by atoms with Crippen molar-refractivity contribution >= 4 is 27.5 Å². The second-order valence-electron chi connectivity index (χ2n) is 6.41. The Morgan fingerprint density at radius 2 is 2.00 bits per heavy atom. The molecule has 0 aliphatic carbocycles. The summed E-state index contributed by atoms with van der Waals surface area (Å²) in [5, 5.41) is 0. The monoisotopic (exact) mass is 398 g/mol. The summed E-state index contributed by atoms with van der Waals surface area (Å²) in [6.07, 6.45) is 2.12. The molecule has 5 nitrogen and oxygen atoms in total. The van der Waals surface area contributed by atoms with Crippen LogP contribution in [-0.4, -0.2) is 30.8 Å². The van der Waals surface area contributed by atoms with E-state index < -0.39 is 0 Å². The summed E-state index contributed by atoms with van der Waals surface area (Å²) in [6.45, 7) is 3.89. The van der Waals surface area contributed by atoms with Crippen molar-refractivity contribution in [2.45, 2.75) is 32.7 Å². The zero-order valence-corrected chi connectivity index (χ0v) is 17.2. The fourth-order valence-electron chi connectivity index (χ4n) is 3.03. The highest BCUT2D eigenvalue weighted by Gasteiger charge is 2.09. The van der Waals surface area contributed by atoms with Crippen LogP contribution in [0, 0.1) is 0 Å². The molecule has 0 unspecified atom stereocenters. The van der Waals surface area contributed by atoms with E-state index in [1.54, 1.807) is 7.11 Å². The van der Waals surface area contributed by atoms with Crippen molar-refractivity contribution < 1.29 is 14.3 Å². The van der Waals surface area contributed by atoms with Crippen LogP contribution in [0.15, 0.2) is 53.5 Å². The zero-order valence-electron chi connectivity index (χ0n) is 16.4. The third-order valence-corrected chi connectivity index (χ3v) is 5.51. The molecular formula is C22H26N2O3S. The maximum absolute atomic E-state index is 12.5. The second-order valence-corrected chi connectivity index (χ2v) is 7.42. The SMILES string of the molecule is CCOCCn1c(=NC(=O)CCCc2ccccc2)sc2cc(OC)ccc21. The normalized spacial score (nSPS) is 11.9. The van der Waals surface area contributed by atoms with Crippen LogP contribution in [0.1, 0.15) is 25.3 Å². The summed E-state index contributed by atoms with van der Waals surface area (Å²) in [5.41, 5.74) is 2.29. The number of carbonyl (C=O) groups is 1. The highest BCUT2D eigenvalue weighted by atomic mass is 32.1. The third kappa shape index (κ3) is 5.30. The van der Waals surface area contributed by atoms with Crippen LogP contribution in [0.3, 0.4) is 0 Å². The average molecular weight is 399 g/mol. The van der Waals surface area contributed by atoms with E-state index in [9.17, 15) is 4.79 Å². The van der Waals surface area contributed by atoms with Gasteiger partial charge in [0.25, 0.3) is 0 Å². The van der Waals surface area contributed by atoms with Gasteiger partial charge >= 0.3 is 0 Å². The van der Waals surface area contributed by atoms with Crippen LogP contribution in [0.5, 0.6) is 5.75 Å². The van der Waals surface area contributed by atoms with Crippen molar-refractivity contribution in [2.75, 3.05) is 20.3 Å². The molecule has 6 heteroatoms. The number of carbonyl (C=O) groups excluding carboxylic acids is 1. The fourth-order valence-corrected chi connectivity index (χ4v) is 4.13. The van der Waals surface area contributed by atoms with Crippen molar-refractivity contribution in [3.8, 4) is 5.75 Å². The summed E-state index contributed by atoms with van der Waals surface area (Å²) in [4.78, 5) is 17.6. The van der Waals surface area contributed by atoms with Crippen LogP contribution in [0.2, 0.25) is 0 Å². The minimum absolute atomic E-state index is 0.0837. The lowest BCUT2D eigenvalue weighted by atomic mass is 10.1. The van der Waals surface area contributed by atoms with E-state index in [0.717, 1.165) is 28.8 Å². The maximum Gasteiger partial charge on any atom is 0.248 e. The van der Waals surface area contributed by atoms with Crippen molar-refractivity contribution in [1.82, 2.24) is 4.57 Å². The van der Waals surface area contributed by atoms with Gasteiger partial charge in [-0.1, -0.05) is 41.7 Å². The van der Waals surface area contributed by atoms with Crippen LogP contribution >= 0.6 is 11.3 Å². The minimum atomic E-state index is -0.0837. The Hall–Kier alpha value is -2.44. The van der Waals surface area contributed by atoms with Gasteiger partial charge in [-0.2, -0.15) is 4.99 Å². The number of nitrogens with zero attached hydrogens (tertiary/aromatic N) is 2. The number of thiazole rings is 1. The van der Waals surface area contributed by atoms with E-state index in [-0.39, 0.29) is 5.91 Å². The number of hydrogen-bond acceptors (Lipinski definition) is 4. The zero-order chi connectivity index (χ0) is 19.8. The molecule has 0 radical (unpaired) electrons. The second kappa shape index (κ2) is 10.2. The van der Waals surface area contributed by atoms with Gasteiger partial charge in [-0.05, 0) is 43.5 Å². The number of amides is 1. The number of aryl methyl sites for hydroxylation is 1. The number of rotatable bonds is 9. The molecule has 0 aliphatic rings. The number of hydrogen-bond donors (Lipinski definition) is 0. The van der Waals surface area contributed by atoms with Crippen molar-refractivity contribution in [2.24, 2.45) is 4.99 Å². The van der Waals surface area contributed by atoms with Crippen molar-refractivity contribution in [1.29, 1.82) is 0 Å². The smallest absolute Gasteiger partial charge is 0.248 e. The standard InChI is InChI=1S/C22H26N2O3S/c1-3-27-15-14-24-19-13-12-18(26-2)16-20(19)28-22(24)23-21(25)11-7-10-17-8-5-4-6-9-17/h4-6,8-9,12-13,16H,3,7,10-11,14-15H2,1-2H3. The quantitative estimate of drug-likeness (QED) is 0.508. The predicted octanol–water partition coefficient (Wildman–Crippen LogP) is 4.20. The highest BCUT2D eigenvalue weighted by molar-refractivity contribution is 7.16. The number of aromatic nitrogens is 1. The predicted molar refractivity (Wildman–Crippen MR) is 113 cm³/mol. The van der Waals surface area contributed by atoms with Gasteiger partial charge in [0.15, 0.2) is 4.80 Å². The lowest BCUT2D eigenvalue weighted by Gasteiger charge is -2.06. The Kier molecular flexibility index (Phi) is 7.39. The van der Waals surface area contributed by atoms with E-state index in [1.165, 1.54) is 16.9 Å². The first-order chi connectivity index (χ1) is 13.7. The Labute approximate surface area is 169 Å². The van der Waals surface area contributed by atoms with E-state index in [2.05, 4.69) is 21.7 Å². The first-order valence-corrected chi connectivity index (χ1v) is 10.4. The van der Waals surface area contributed by atoms with Crippen LogP contribution in [0.4, 0.5) is 0 Å². The van der Waals surface area contributed by atoms with Gasteiger partial charge in [0.05, 0.1) is 23.9 Å². The molecule has 1 heterocycles. The molecule has 0 atom stereocenters. The molecule has 0 spiro atoms. The minimum Gasteiger partial charge on any atom is -0.497 e. The summed E-state index contributed by atoms with van der Waals surface area (Å²) in [6, 6.07) is 16.1. The average Bonchev–Trinajstić information content (AvgIpc) is 3.05. The lowest BCUT2D eigenvalue weighted by Crippen LogP contribution is -2.19. The topological polar surface area (TPSA) is 52.8 Å². The van der Waals surface area contributed by atoms with Gasteiger partial charge in [-0.3, -0.25) is 4.79 Å². The van der Waals surface area contributed by atoms with E-state index in [1.807, 2.05) is 43.3 Å². The maximum atomic E-state index is 12.5. The molecule has 28 heavy (non-hydrogen) atoms. The van der Waals surface area contributed by atoms with Crippen LogP contribution in [0.25, 0.3) is 10.2 Å².